The molecule has 88 valence electrons. The highest BCUT2D eigenvalue weighted by Gasteiger charge is 2.04. The minimum absolute atomic E-state index is 0.123. The van der Waals surface area contributed by atoms with Crippen LogP contribution in [0.2, 0.25) is 0 Å². The Kier molecular flexibility index (Phi) is 3.69. The van der Waals surface area contributed by atoms with Gasteiger partial charge in [-0.1, -0.05) is 30.0 Å². The van der Waals surface area contributed by atoms with Crippen molar-refractivity contribution in [2.75, 3.05) is 0 Å². The molecule has 4 heteroatoms. The number of benzene rings is 1. The van der Waals surface area contributed by atoms with Gasteiger partial charge in [-0.05, 0) is 24.3 Å². The van der Waals surface area contributed by atoms with E-state index in [2.05, 4.69) is 16.8 Å². The number of rotatable bonds is 1. The topological polar surface area (TPSA) is 62.2 Å². The fourth-order valence-electron chi connectivity index (χ4n) is 1.36. The van der Waals surface area contributed by atoms with E-state index in [9.17, 15) is 4.79 Å². The molecule has 2 rings (SSSR count). The molecule has 0 aliphatic rings. The lowest BCUT2D eigenvalue weighted by Crippen LogP contribution is -2.19. The number of aromatic nitrogens is 1. The molecular weight excluding hydrogens is 228 g/mol. The van der Waals surface area contributed by atoms with E-state index in [0.29, 0.717) is 5.56 Å². The fourth-order valence-corrected chi connectivity index (χ4v) is 1.36. The van der Waals surface area contributed by atoms with Gasteiger partial charge in [0.25, 0.3) is 5.91 Å². The van der Waals surface area contributed by atoms with Gasteiger partial charge in [0.2, 0.25) is 0 Å². The van der Waals surface area contributed by atoms with Crippen LogP contribution in [0.3, 0.4) is 0 Å². The summed E-state index contributed by atoms with van der Waals surface area (Å²) >= 11 is 0. The zero-order chi connectivity index (χ0) is 12.8. The number of nitrogens with one attached hydrogen (secondary N) is 1. The first kappa shape index (κ1) is 11.8. The van der Waals surface area contributed by atoms with Gasteiger partial charge in [-0.15, -0.1) is 0 Å². The third-order valence-corrected chi connectivity index (χ3v) is 2.22. The predicted octanol–water partition coefficient (Wildman–Crippen LogP) is 1.60. The van der Waals surface area contributed by atoms with Crippen LogP contribution in [0.1, 0.15) is 21.6 Å². The van der Waals surface area contributed by atoms with Gasteiger partial charge in [0.15, 0.2) is 0 Å². The molecule has 0 aliphatic carbocycles. The minimum atomic E-state index is -0.654. The maximum absolute atomic E-state index is 11.2. The van der Waals surface area contributed by atoms with Crippen LogP contribution >= 0.6 is 0 Å². The van der Waals surface area contributed by atoms with Gasteiger partial charge in [0.1, 0.15) is 5.69 Å². The van der Waals surface area contributed by atoms with Crippen molar-refractivity contribution in [2.45, 2.75) is 0 Å². The molecule has 0 atom stereocenters. The van der Waals surface area contributed by atoms with Crippen molar-refractivity contribution in [2.24, 2.45) is 0 Å². The smallest absolute Gasteiger partial charge is 0.288 e. The maximum Gasteiger partial charge on any atom is 0.293 e. The average molecular weight is 238 g/mol. The highest BCUT2D eigenvalue weighted by Crippen LogP contribution is 2.01. The maximum atomic E-state index is 11.2. The van der Waals surface area contributed by atoms with Gasteiger partial charge in [-0.25, -0.2) is 5.48 Å². The van der Waals surface area contributed by atoms with Crippen molar-refractivity contribution < 1.29 is 10.0 Å². The molecule has 0 radical (unpaired) electrons. The molecule has 0 aliphatic heterocycles. The number of carbonyl (C=O) groups excluding carboxylic acids is 1. The summed E-state index contributed by atoms with van der Waals surface area (Å²) in [6.45, 7) is 0. The SMILES string of the molecule is O=C(NO)c1cc(C#Cc2ccccc2)ccn1. The second-order valence-corrected chi connectivity index (χ2v) is 3.49. The number of hydrogen-bond acceptors (Lipinski definition) is 3. The van der Waals surface area contributed by atoms with E-state index in [4.69, 9.17) is 5.21 Å². The number of nitrogens with zero attached hydrogens (tertiary/aromatic N) is 1. The Morgan fingerprint density at radius 2 is 1.83 bits per heavy atom. The summed E-state index contributed by atoms with van der Waals surface area (Å²) in [5.41, 5.74) is 3.21. The summed E-state index contributed by atoms with van der Waals surface area (Å²) in [5.74, 6) is 5.25. The molecule has 1 aromatic carbocycles. The summed E-state index contributed by atoms with van der Waals surface area (Å²) in [6.07, 6.45) is 1.47. The highest BCUT2D eigenvalue weighted by molar-refractivity contribution is 5.91. The van der Waals surface area contributed by atoms with Gasteiger partial charge in [-0.3, -0.25) is 15.0 Å². The molecular formula is C14H10N2O2. The van der Waals surface area contributed by atoms with Crippen molar-refractivity contribution in [1.29, 1.82) is 0 Å². The van der Waals surface area contributed by atoms with E-state index in [1.165, 1.54) is 17.7 Å². The highest BCUT2D eigenvalue weighted by atomic mass is 16.5. The van der Waals surface area contributed by atoms with E-state index in [1.807, 2.05) is 30.3 Å². The van der Waals surface area contributed by atoms with Gasteiger partial charge >= 0.3 is 0 Å². The molecule has 0 unspecified atom stereocenters. The van der Waals surface area contributed by atoms with Gasteiger partial charge in [0.05, 0.1) is 0 Å². The number of pyridine rings is 1. The number of amides is 1. The monoisotopic (exact) mass is 238 g/mol. The lowest BCUT2D eigenvalue weighted by Gasteiger charge is -1.97. The lowest BCUT2D eigenvalue weighted by atomic mass is 10.2. The van der Waals surface area contributed by atoms with E-state index < -0.39 is 5.91 Å². The summed E-state index contributed by atoms with van der Waals surface area (Å²) in [6, 6.07) is 12.7. The van der Waals surface area contributed by atoms with Crippen molar-refractivity contribution in [3.63, 3.8) is 0 Å². The van der Waals surface area contributed by atoms with Crippen LogP contribution in [-0.4, -0.2) is 16.1 Å². The number of hydrogen-bond donors (Lipinski definition) is 2. The summed E-state index contributed by atoms with van der Waals surface area (Å²) < 4.78 is 0. The van der Waals surface area contributed by atoms with Crippen LogP contribution < -0.4 is 5.48 Å². The quantitative estimate of drug-likeness (QED) is 0.450. The third kappa shape index (κ3) is 2.94. The van der Waals surface area contributed by atoms with Crippen molar-refractivity contribution in [3.8, 4) is 11.8 Å². The molecule has 0 spiro atoms. The second kappa shape index (κ2) is 5.62. The van der Waals surface area contributed by atoms with Gasteiger partial charge in [0, 0.05) is 17.3 Å². The molecule has 4 nitrogen and oxygen atoms in total. The molecule has 0 fully saturated rings. The van der Waals surface area contributed by atoms with E-state index >= 15 is 0 Å². The average Bonchev–Trinajstić information content (AvgIpc) is 2.45. The van der Waals surface area contributed by atoms with Crippen LogP contribution in [0.5, 0.6) is 0 Å². The van der Waals surface area contributed by atoms with E-state index in [0.717, 1.165) is 5.56 Å². The van der Waals surface area contributed by atoms with Crippen LogP contribution in [0.25, 0.3) is 0 Å². The molecule has 1 heterocycles. The molecule has 2 N–H and O–H groups in total. The van der Waals surface area contributed by atoms with Crippen LogP contribution in [0.4, 0.5) is 0 Å². The molecule has 1 amide bonds. The molecule has 2 aromatic rings. The summed E-state index contributed by atoms with van der Waals surface area (Å²) in [4.78, 5) is 15.0. The molecule has 18 heavy (non-hydrogen) atoms. The molecule has 0 bridgehead atoms. The Labute approximate surface area is 104 Å². The Morgan fingerprint density at radius 1 is 1.11 bits per heavy atom. The molecule has 0 saturated carbocycles. The van der Waals surface area contributed by atoms with Crippen molar-refractivity contribution >= 4 is 5.91 Å². The zero-order valence-electron chi connectivity index (χ0n) is 9.42. The van der Waals surface area contributed by atoms with Gasteiger partial charge < -0.3 is 0 Å². The van der Waals surface area contributed by atoms with E-state index in [1.54, 1.807) is 6.07 Å². The number of hydroxylamine groups is 1. The fraction of sp³-hybridized carbons (Fsp3) is 0. The lowest BCUT2D eigenvalue weighted by molar-refractivity contribution is 0.0700. The predicted molar refractivity (Wildman–Crippen MR) is 65.9 cm³/mol. The van der Waals surface area contributed by atoms with E-state index in [-0.39, 0.29) is 5.69 Å². The Bertz CT molecular complexity index is 612. The third-order valence-electron chi connectivity index (χ3n) is 2.22. The molecule has 0 saturated heterocycles. The van der Waals surface area contributed by atoms with Crippen molar-refractivity contribution in [1.82, 2.24) is 10.5 Å². The second-order valence-electron chi connectivity index (χ2n) is 3.49. The van der Waals surface area contributed by atoms with Crippen LogP contribution in [0.15, 0.2) is 48.7 Å². The standard InChI is InChI=1S/C14H10N2O2/c17-14(16-18)13-10-12(8-9-15-13)7-6-11-4-2-1-3-5-11/h1-5,8-10,18H,(H,16,17). The Hall–Kier alpha value is -2.64. The Morgan fingerprint density at radius 3 is 2.56 bits per heavy atom. The van der Waals surface area contributed by atoms with Crippen molar-refractivity contribution in [3.05, 3.63) is 65.5 Å². The van der Waals surface area contributed by atoms with Crippen LogP contribution in [0, 0.1) is 11.8 Å². The van der Waals surface area contributed by atoms with Crippen LogP contribution in [-0.2, 0) is 0 Å². The first-order valence-electron chi connectivity index (χ1n) is 5.27. The summed E-state index contributed by atoms with van der Waals surface area (Å²) in [5, 5.41) is 8.51. The zero-order valence-corrected chi connectivity index (χ0v) is 9.42. The summed E-state index contributed by atoms with van der Waals surface area (Å²) in [7, 11) is 0. The number of carbonyl (C=O) groups is 1. The Balaban J connectivity index is 2.25. The normalized spacial score (nSPS) is 9.17. The van der Waals surface area contributed by atoms with Gasteiger partial charge in [-0.2, -0.15) is 0 Å². The first-order chi connectivity index (χ1) is 8.79. The minimum Gasteiger partial charge on any atom is -0.288 e. The largest absolute Gasteiger partial charge is 0.293 e. The molecule has 1 aromatic heterocycles. The first-order valence-corrected chi connectivity index (χ1v) is 5.27.